The van der Waals surface area contributed by atoms with Crippen molar-refractivity contribution in [3.63, 3.8) is 0 Å². The lowest BCUT2D eigenvalue weighted by molar-refractivity contribution is -0.144. The molecule has 1 unspecified atom stereocenters. The van der Waals surface area contributed by atoms with Gasteiger partial charge in [-0.3, -0.25) is 0 Å². The van der Waals surface area contributed by atoms with Crippen LogP contribution in [0.4, 0.5) is 4.79 Å². The Balaban J connectivity index is 2.03. The summed E-state index contributed by atoms with van der Waals surface area (Å²) in [4.78, 5) is 24.9. The molecule has 2 rings (SSSR count). The van der Waals surface area contributed by atoms with E-state index >= 15 is 0 Å². The van der Waals surface area contributed by atoms with Gasteiger partial charge in [-0.25, -0.2) is 9.59 Å². The van der Waals surface area contributed by atoms with Gasteiger partial charge in [0.1, 0.15) is 0 Å². The second kappa shape index (κ2) is 6.32. The highest BCUT2D eigenvalue weighted by atomic mass is 35.5. The Hall–Kier alpha value is -1.79. The zero-order valence-electron chi connectivity index (χ0n) is 11.6. The van der Waals surface area contributed by atoms with Crippen molar-refractivity contribution in [2.24, 2.45) is 0 Å². The van der Waals surface area contributed by atoms with E-state index in [0.717, 1.165) is 5.56 Å². The molecule has 1 aromatic carbocycles. The zero-order valence-corrected chi connectivity index (χ0v) is 12.4. The number of halogens is 1. The minimum absolute atomic E-state index is 0.0198. The van der Waals surface area contributed by atoms with Crippen molar-refractivity contribution in [1.29, 1.82) is 0 Å². The van der Waals surface area contributed by atoms with Gasteiger partial charge in [0.25, 0.3) is 0 Å². The summed E-state index contributed by atoms with van der Waals surface area (Å²) in [6, 6.07) is 6.73. The third kappa shape index (κ3) is 3.46. The summed E-state index contributed by atoms with van der Waals surface area (Å²) in [7, 11) is 1.59. The molecule has 0 radical (unpaired) electrons. The molecule has 1 heterocycles. The second-order valence-corrected chi connectivity index (χ2v) is 5.47. The van der Waals surface area contributed by atoms with Crippen LogP contribution in [0.25, 0.3) is 0 Å². The molecule has 0 aliphatic carbocycles. The van der Waals surface area contributed by atoms with Crippen LogP contribution in [-0.2, 0) is 16.1 Å². The van der Waals surface area contributed by atoms with Crippen LogP contribution in [0.5, 0.6) is 0 Å². The topological polar surface area (TPSA) is 78.9 Å². The molecule has 1 fully saturated rings. The highest BCUT2D eigenvalue weighted by Crippen LogP contribution is 2.20. The molecule has 1 saturated heterocycles. The summed E-state index contributed by atoms with van der Waals surface area (Å²) >= 11 is 6.05. The maximum Gasteiger partial charge on any atom is 0.332 e. The SMILES string of the molecule is CN(Cc1ccccc1Cl)C(=O)NC1(C(=O)O)CCOC1. The van der Waals surface area contributed by atoms with Crippen molar-refractivity contribution >= 4 is 23.6 Å². The third-order valence-electron chi connectivity index (χ3n) is 3.49. The van der Waals surface area contributed by atoms with Gasteiger partial charge in [-0.1, -0.05) is 29.8 Å². The van der Waals surface area contributed by atoms with Crippen molar-refractivity contribution in [2.75, 3.05) is 20.3 Å². The third-order valence-corrected chi connectivity index (χ3v) is 3.86. The van der Waals surface area contributed by atoms with E-state index in [1.807, 2.05) is 12.1 Å². The number of carboxylic acids is 1. The molecule has 1 aromatic rings. The number of hydrogen-bond donors (Lipinski definition) is 2. The van der Waals surface area contributed by atoms with Crippen LogP contribution in [0.1, 0.15) is 12.0 Å². The van der Waals surface area contributed by atoms with Gasteiger partial charge in [0.05, 0.1) is 6.61 Å². The fourth-order valence-corrected chi connectivity index (χ4v) is 2.34. The number of carbonyl (C=O) groups is 2. The van der Waals surface area contributed by atoms with Gasteiger partial charge in [-0.05, 0) is 11.6 Å². The van der Waals surface area contributed by atoms with Crippen LogP contribution in [0, 0.1) is 0 Å². The van der Waals surface area contributed by atoms with Gasteiger partial charge in [-0.2, -0.15) is 0 Å². The Morgan fingerprint density at radius 2 is 2.19 bits per heavy atom. The molecule has 1 aliphatic rings. The summed E-state index contributed by atoms with van der Waals surface area (Å²) in [6.45, 7) is 0.594. The van der Waals surface area contributed by atoms with E-state index in [1.165, 1.54) is 4.90 Å². The minimum Gasteiger partial charge on any atom is -0.479 e. The average molecular weight is 313 g/mol. The van der Waals surface area contributed by atoms with Crippen LogP contribution in [0.3, 0.4) is 0 Å². The van der Waals surface area contributed by atoms with Crippen molar-refractivity contribution in [1.82, 2.24) is 10.2 Å². The molecule has 2 N–H and O–H groups in total. The molecule has 0 saturated carbocycles. The summed E-state index contributed by atoms with van der Waals surface area (Å²) in [5, 5.41) is 12.4. The highest BCUT2D eigenvalue weighted by molar-refractivity contribution is 6.31. The number of nitrogens with one attached hydrogen (secondary N) is 1. The smallest absolute Gasteiger partial charge is 0.332 e. The van der Waals surface area contributed by atoms with Gasteiger partial charge in [0, 0.05) is 31.6 Å². The minimum atomic E-state index is -1.34. The number of hydrogen-bond acceptors (Lipinski definition) is 3. The van der Waals surface area contributed by atoms with Gasteiger partial charge >= 0.3 is 12.0 Å². The largest absolute Gasteiger partial charge is 0.479 e. The number of ether oxygens (including phenoxy) is 1. The lowest BCUT2D eigenvalue weighted by Gasteiger charge is -2.27. The molecule has 7 heteroatoms. The van der Waals surface area contributed by atoms with E-state index in [0.29, 0.717) is 18.2 Å². The molecular formula is C14H17ClN2O4. The van der Waals surface area contributed by atoms with Crippen molar-refractivity contribution in [3.05, 3.63) is 34.9 Å². The maximum absolute atomic E-state index is 12.2. The van der Waals surface area contributed by atoms with Crippen LogP contribution >= 0.6 is 11.6 Å². The van der Waals surface area contributed by atoms with E-state index in [4.69, 9.17) is 16.3 Å². The molecule has 0 spiro atoms. The van der Waals surface area contributed by atoms with E-state index in [2.05, 4.69) is 5.32 Å². The number of aliphatic carboxylic acids is 1. The molecular weight excluding hydrogens is 296 g/mol. The lowest BCUT2D eigenvalue weighted by Crippen LogP contribution is -2.57. The van der Waals surface area contributed by atoms with E-state index in [9.17, 15) is 14.7 Å². The molecule has 6 nitrogen and oxygen atoms in total. The first-order chi connectivity index (χ1) is 9.94. The van der Waals surface area contributed by atoms with Crippen molar-refractivity contribution in [2.45, 2.75) is 18.5 Å². The van der Waals surface area contributed by atoms with Gasteiger partial charge in [0.2, 0.25) is 0 Å². The molecule has 1 aliphatic heterocycles. The van der Waals surface area contributed by atoms with Crippen LogP contribution in [0.2, 0.25) is 5.02 Å². The number of nitrogens with zero attached hydrogens (tertiary/aromatic N) is 1. The lowest BCUT2D eigenvalue weighted by atomic mass is 9.99. The molecule has 114 valence electrons. The normalized spacial score (nSPS) is 21.0. The summed E-state index contributed by atoms with van der Waals surface area (Å²) in [5.74, 6) is -1.08. The monoisotopic (exact) mass is 312 g/mol. The highest BCUT2D eigenvalue weighted by Gasteiger charge is 2.44. The second-order valence-electron chi connectivity index (χ2n) is 5.07. The van der Waals surface area contributed by atoms with Crippen LogP contribution in [0.15, 0.2) is 24.3 Å². The quantitative estimate of drug-likeness (QED) is 0.887. The Kier molecular flexibility index (Phi) is 4.69. The van der Waals surface area contributed by atoms with E-state index < -0.39 is 17.5 Å². The first kappa shape index (κ1) is 15.6. The fourth-order valence-electron chi connectivity index (χ4n) is 2.14. The number of carboxylic acid groups (broad SMARTS) is 1. The predicted molar refractivity (Wildman–Crippen MR) is 77.3 cm³/mol. The molecule has 0 aromatic heterocycles. The number of amides is 2. The van der Waals surface area contributed by atoms with E-state index in [1.54, 1.807) is 19.2 Å². The molecule has 0 bridgehead atoms. The van der Waals surface area contributed by atoms with Crippen molar-refractivity contribution < 1.29 is 19.4 Å². The van der Waals surface area contributed by atoms with Gasteiger partial charge in [-0.15, -0.1) is 0 Å². The first-order valence-electron chi connectivity index (χ1n) is 6.52. The van der Waals surface area contributed by atoms with Gasteiger partial charge in [0.15, 0.2) is 5.54 Å². The number of carbonyl (C=O) groups excluding carboxylic acids is 1. The molecule has 21 heavy (non-hydrogen) atoms. The average Bonchev–Trinajstić information content (AvgIpc) is 2.91. The summed E-state index contributed by atoms with van der Waals surface area (Å²) in [6.07, 6.45) is 0.258. The van der Waals surface area contributed by atoms with E-state index in [-0.39, 0.29) is 13.0 Å². The first-order valence-corrected chi connectivity index (χ1v) is 6.90. The molecule has 1 atom stereocenters. The van der Waals surface area contributed by atoms with Crippen molar-refractivity contribution in [3.8, 4) is 0 Å². The number of urea groups is 1. The number of benzene rings is 1. The van der Waals surface area contributed by atoms with Crippen LogP contribution in [-0.4, -0.2) is 47.8 Å². The predicted octanol–water partition coefficient (Wildman–Crippen LogP) is 1.73. The molecule has 2 amide bonds. The Morgan fingerprint density at radius 3 is 2.76 bits per heavy atom. The summed E-state index contributed by atoms with van der Waals surface area (Å²) < 4.78 is 5.10. The Labute approximate surface area is 127 Å². The Bertz CT molecular complexity index is 544. The Morgan fingerprint density at radius 1 is 1.48 bits per heavy atom. The maximum atomic E-state index is 12.2. The number of rotatable bonds is 4. The summed E-state index contributed by atoms with van der Waals surface area (Å²) in [5.41, 5.74) is -0.546. The standard InChI is InChI=1S/C14H17ClN2O4/c1-17(8-10-4-2-3-5-11(10)15)13(20)16-14(12(18)19)6-7-21-9-14/h2-5H,6-9H2,1H3,(H,16,20)(H,18,19). The zero-order chi connectivity index (χ0) is 15.5. The fraction of sp³-hybridized carbons (Fsp3) is 0.429. The van der Waals surface area contributed by atoms with Crippen LogP contribution < -0.4 is 5.32 Å². The van der Waals surface area contributed by atoms with Gasteiger partial charge < -0.3 is 20.1 Å².